The topological polar surface area (TPSA) is 86.0 Å². The maximum Gasteiger partial charge on any atom is 0.337 e. The van der Waals surface area contributed by atoms with Crippen molar-refractivity contribution in [3.8, 4) is 5.75 Å². The van der Waals surface area contributed by atoms with E-state index < -0.39 is 17.9 Å². The summed E-state index contributed by atoms with van der Waals surface area (Å²) in [5.74, 6) is -0.569. The van der Waals surface area contributed by atoms with Crippen LogP contribution in [-0.4, -0.2) is 26.1 Å². The van der Waals surface area contributed by atoms with Gasteiger partial charge in [-0.25, -0.2) is 4.79 Å². The molecule has 0 N–H and O–H groups in total. The van der Waals surface area contributed by atoms with Crippen molar-refractivity contribution in [3.05, 3.63) is 103 Å². The second kappa shape index (κ2) is 8.87. The lowest BCUT2D eigenvalue weighted by Crippen LogP contribution is -2.29. The summed E-state index contributed by atoms with van der Waals surface area (Å²) in [7, 11) is 2.79. The van der Waals surface area contributed by atoms with Crippen molar-refractivity contribution in [2.75, 3.05) is 19.1 Å². The highest BCUT2D eigenvalue weighted by Gasteiger charge is 2.43. The third-order valence-electron chi connectivity index (χ3n) is 5.89. The zero-order chi connectivity index (χ0) is 24.9. The summed E-state index contributed by atoms with van der Waals surface area (Å²) in [5.41, 5.74) is 1.60. The first-order chi connectivity index (χ1) is 16.8. The monoisotopic (exact) mass is 553 g/mol. The largest absolute Gasteiger partial charge is 0.495 e. The highest BCUT2D eigenvalue weighted by atomic mass is 79.9. The van der Waals surface area contributed by atoms with E-state index in [4.69, 9.17) is 25.5 Å². The van der Waals surface area contributed by atoms with Gasteiger partial charge in [-0.2, -0.15) is 0 Å². The molecule has 5 rings (SSSR count). The standard InChI is InChI=1S/C26H17BrClNO6/c1-33-20-10-8-16(12-18(20)28)29-22(13-3-5-14(6-4-13)26(32)34-2)21-23(30)17-11-15(27)7-9-19(17)35-24(21)25(29)31/h3-12,22H,1-2H3. The Kier molecular flexibility index (Phi) is 5.86. The molecular formula is C26H17BrClNO6. The van der Waals surface area contributed by atoms with Crippen LogP contribution in [0, 0.1) is 0 Å². The molecule has 1 aliphatic rings. The minimum atomic E-state index is -0.812. The number of carbonyl (C=O) groups is 2. The van der Waals surface area contributed by atoms with Crippen molar-refractivity contribution < 1.29 is 23.5 Å². The normalized spacial score (nSPS) is 14.8. The van der Waals surface area contributed by atoms with E-state index in [1.54, 1.807) is 60.7 Å². The van der Waals surface area contributed by atoms with Crippen molar-refractivity contribution in [1.82, 2.24) is 0 Å². The SMILES string of the molecule is COC(=O)c1ccc(C2c3c(oc4ccc(Br)cc4c3=O)C(=O)N2c2ccc(OC)c(Cl)c2)cc1. The Hall–Kier alpha value is -3.62. The highest BCUT2D eigenvalue weighted by molar-refractivity contribution is 9.10. The van der Waals surface area contributed by atoms with Gasteiger partial charge in [0.25, 0.3) is 5.91 Å². The van der Waals surface area contributed by atoms with Crippen molar-refractivity contribution in [2.24, 2.45) is 0 Å². The average Bonchev–Trinajstić information content (AvgIpc) is 3.16. The fourth-order valence-electron chi connectivity index (χ4n) is 4.25. The van der Waals surface area contributed by atoms with Gasteiger partial charge < -0.3 is 13.9 Å². The van der Waals surface area contributed by atoms with Crippen LogP contribution in [0.4, 0.5) is 5.69 Å². The first kappa shape index (κ1) is 23.1. The Morgan fingerprint density at radius 3 is 2.43 bits per heavy atom. The highest BCUT2D eigenvalue weighted by Crippen LogP contribution is 2.43. The average molecular weight is 555 g/mol. The number of ether oxygens (including phenoxy) is 2. The van der Waals surface area contributed by atoms with E-state index >= 15 is 0 Å². The minimum absolute atomic E-state index is 0.0428. The van der Waals surface area contributed by atoms with Crippen LogP contribution >= 0.6 is 27.5 Å². The minimum Gasteiger partial charge on any atom is -0.495 e. The summed E-state index contributed by atoms with van der Waals surface area (Å²) < 4.78 is 16.7. The number of benzene rings is 3. The predicted molar refractivity (Wildman–Crippen MR) is 135 cm³/mol. The van der Waals surface area contributed by atoms with Crippen LogP contribution in [0.3, 0.4) is 0 Å². The second-order valence-electron chi connectivity index (χ2n) is 7.82. The molecular weight excluding hydrogens is 538 g/mol. The van der Waals surface area contributed by atoms with Crippen LogP contribution in [0.5, 0.6) is 5.75 Å². The van der Waals surface area contributed by atoms with Crippen LogP contribution in [0.25, 0.3) is 11.0 Å². The maximum absolute atomic E-state index is 13.7. The fraction of sp³-hybridized carbons (Fsp3) is 0.115. The summed E-state index contributed by atoms with van der Waals surface area (Å²) in [5, 5.41) is 0.652. The van der Waals surface area contributed by atoms with Gasteiger partial charge in [-0.05, 0) is 54.1 Å². The number of carbonyl (C=O) groups excluding carboxylic acids is 2. The number of hydrogen-bond donors (Lipinski definition) is 0. The van der Waals surface area contributed by atoms with E-state index in [9.17, 15) is 14.4 Å². The van der Waals surface area contributed by atoms with Gasteiger partial charge in [0.2, 0.25) is 5.76 Å². The molecule has 0 saturated heterocycles. The molecule has 4 aromatic rings. The van der Waals surface area contributed by atoms with Crippen LogP contribution in [0.2, 0.25) is 5.02 Å². The van der Waals surface area contributed by atoms with Gasteiger partial charge in [0.15, 0.2) is 5.43 Å². The lowest BCUT2D eigenvalue weighted by Gasteiger charge is -2.25. The summed E-state index contributed by atoms with van der Waals surface area (Å²) in [6, 6.07) is 15.7. The molecule has 1 atom stereocenters. The fourth-order valence-corrected chi connectivity index (χ4v) is 4.86. The van der Waals surface area contributed by atoms with Gasteiger partial charge in [-0.1, -0.05) is 39.7 Å². The first-order valence-electron chi connectivity index (χ1n) is 10.5. The number of halogens is 2. The molecule has 0 radical (unpaired) electrons. The predicted octanol–water partition coefficient (Wildman–Crippen LogP) is 5.75. The zero-order valence-corrected chi connectivity index (χ0v) is 20.8. The Labute approximate surface area is 212 Å². The molecule has 0 bridgehead atoms. The third-order valence-corrected chi connectivity index (χ3v) is 6.68. The van der Waals surface area contributed by atoms with Crippen LogP contribution in [0.1, 0.15) is 38.1 Å². The van der Waals surface area contributed by atoms with Gasteiger partial charge in [0.05, 0.1) is 41.8 Å². The lowest BCUT2D eigenvalue weighted by molar-refractivity contribution is 0.0600. The molecule has 3 aromatic carbocycles. The molecule has 0 fully saturated rings. The van der Waals surface area contributed by atoms with Crippen molar-refractivity contribution >= 4 is 56.1 Å². The molecule has 7 nitrogen and oxygen atoms in total. The number of fused-ring (bicyclic) bond motifs is 2. The Morgan fingerprint density at radius 1 is 1.03 bits per heavy atom. The maximum atomic E-state index is 13.7. The molecule has 0 aliphatic carbocycles. The quantitative estimate of drug-likeness (QED) is 0.299. The molecule has 1 unspecified atom stereocenters. The third kappa shape index (κ3) is 3.79. The van der Waals surface area contributed by atoms with Gasteiger partial charge in [-0.3, -0.25) is 14.5 Å². The molecule has 0 saturated carbocycles. The van der Waals surface area contributed by atoms with E-state index in [1.807, 2.05) is 0 Å². The summed E-state index contributed by atoms with van der Waals surface area (Å²) in [6.07, 6.45) is 0. The van der Waals surface area contributed by atoms with E-state index in [2.05, 4.69) is 15.9 Å². The number of esters is 1. The molecule has 176 valence electrons. The molecule has 1 aromatic heterocycles. The Balaban J connectivity index is 1.76. The van der Waals surface area contributed by atoms with E-state index in [1.165, 1.54) is 19.1 Å². The number of nitrogens with zero attached hydrogens (tertiary/aromatic N) is 1. The number of anilines is 1. The van der Waals surface area contributed by atoms with Crippen LogP contribution in [-0.2, 0) is 4.74 Å². The smallest absolute Gasteiger partial charge is 0.337 e. The lowest BCUT2D eigenvalue weighted by atomic mass is 9.97. The van der Waals surface area contributed by atoms with E-state index in [0.717, 1.165) is 0 Å². The van der Waals surface area contributed by atoms with Crippen molar-refractivity contribution in [1.29, 1.82) is 0 Å². The van der Waals surface area contributed by atoms with Gasteiger partial charge >= 0.3 is 5.97 Å². The first-order valence-corrected chi connectivity index (χ1v) is 11.6. The molecule has 9 heteroatoms. The van der Waals surface area contributed by atoms with E-state index in [0.29, 0.717) is 43.0 Å². The number of methoxy groups -OCH3 is 2. The van der Waals surface area contributed by atoms with Gasteiger partial charge in [0.1, 0.15) is 11.3 Å². The van der Waals surface area contributed by atoms with E-state index in [-0.39, 0.29) is 16.8 Å². The molecule has 1 aliphatic heterocycles. The van der Waals surface area contributed by atoms with Gasteiger partial charge in [0, 0.05) is 10.2 Å². The summed E-state index contributed by atoms with van der Waals surface area (Å²) >= 11 is 9.75. The Bertz CT molecular complexity index is 1560. The summed E-state index contributed by atoms with van der Waals surface area (Å²) in [4.78, 5) is 40.7. The van der Waals surface area contributed by atoms with Crippen molar-refractivity contribution in [3.63, 3.8) is 0 Å². The molecule has 0 spiro atoms. The zero-order valence-electron chi connectivity index (χ0n) is 18.5. The van der Waals surface area contributed by atoms with Crippen LogP contribution < -0.4 is 15.1 Å². The second-order valence-corrected chi connectivity index (χ2v) is 9.15. The number of hydrogen-bond acceptors (Lipinski definition) is 6. The number of amides is 1. The number of rotatable bonds is 4. The summed E-state index contributed by atoms with van der Waals surface area (Å²) in [6.45, 7) is 0. The van der Waals surface area contributed by atoms with Crippen molar-refractivity contribution in [2.45, 2.75) is 6.04 Å². The Morgan fingerprint density at radius 2 is 1.77 bits per heavy atom. The van der Waals surface area contributed by atoms with Crippen LogP contribution in [0.15, 0.2) is 74.3 Å². The molecule has 2 heterocycles. The molecule has 35 heavy (non-hydrogen) atoms. The molecule has 1 amide bonds. The van der Waals surface area contributed by atoms with Gasteiger partial charge in [-0.15, -0.1) is 0 Å².